The van der Waals surface area contributed by atoms with Gasteiger partial charge >= 0.3 is 0 Å². The van der Waals surface area contributed by atoms with Gasteiger partial charge in [0.05, 0.1) is 0 Å². The molecule has 0 bridgehead atoms. The molecule has 27 heavy (non-hydrogen) atoms. The van der Waals surface area contributed by atoms with Crippen molar-refractivity contribution in [3.63, 3.8) is 0 Å². The predicted octanol–water partition coefficient (Wildman–Crippen LogP) is 4.76. The predicted molar refractivity (Wildman–Crippen MR) is 105 cm³/mol. The van der Waals surface area contributed by atoms with Gasteiger partial charge in [-0.2, -0.15) is 0 Å². The molecule has 3 heterocycles. The molecule has 140 valence electrons. The molecule has 1 aliphatic rings. The Labute approximate surface area is 165 Å². The van der Waals surface area contributed by atoms with E-state index in [9.17, 15) is 9.18 Å². The first-order chi connectivity index (χ1) is 13.1. The van der Waals surface area contributed by atoms with Crippen molar-refractivity contribution in [1.29, 1.82) is 0 Å². The zero-order valence-electron chi connectivity index (χ0n) is 14.5. The van der Waals surface area contributed by atoms with E-state index in [1.54, 1.807) is 40.5 Å². The lowest BCUT2D eigenvalue weighted by Crippen LogP contribution is -2.48. The van der Waals surface area contributed by atoms with Gasteiger partial charge in [-0.05, 0) is 53.6 Å². The minimum absolute atomic E-state index is 0.119. The number of rotatable bonds is 4. The number of hydrogen-bond donors (Lipinski definition) is 0. The summed E-state index contributed by atoms with van der Waals surface area (Å²) in [6.45, 7) is 3.73. The molecule has 1 aromatic carbocycles. The molecule has 4 rings (SSSR count). The van der Waals surface area contributed by atoms with E-state index in [2.05, 4.69) is 11.0 Å². The lowest BCUT2D eigenvalue weighted by molar-refractivity contribution is 0.0599. The van der Waals surface area contributed by atoms with Gasteiger partial charge in [0.15, 0.2) is 11.0 Å². The monoisotopic (exact) mass is 404 g/mol. The van der Waals surface area contributed by atoms with E-state index >= 15 is 0 Å². The summed E-state index contributed by atoms with van der Waals surface area (Å²) in [6, 6.07) is 14.0. The van der Waals surface area contributed by atoms with E-state index in [-0.39, 0.29) is 22.7 Å². The van der Waals surface area contributed by atoms with Crippen LogP contribution in [0, 0.1) is 5.82 Å². The molecule has 0 unspecified atom stereocenters. The summed E-state index contributed by atoms with van der Waals surface area (Å²) < 4.78 is 18.6. The lowest BCUT2D eigenvalue weighted by atomic mass is 10.2. The molecule has 1 aliphatic heterocycles. The third kappa shape index (κ3) is 4.24. The van der Waals surface area contributed by atoms with Crippen molar-refractivity contribution in [2.45, 2.75) is 6.54 Å². The second-order valence-corrected chi connectivity index (χ2v) is 7.99. The molecule has 1 amide bonds. The molecule has 0 atom stereocenters. The molecular weight excluding hydrogens is 387 g/mol. The zero-order chi connectivity index (χ0) is 18.8. The van der Waals surface area contributed by atoms with E-state index in [0.29, 0.717) is 13.1 Å². The Morgan fingerprint density at radius 3 is 2.63 bits per heavy atom. The number of nitrogens with zero attached hydrogens (tertiary/aromatic N) is 2. The van der Waals surface area contributed by atoms with Gasteiger partial charge in [0.2, 0.25) is 0 Å². The second kappa shape index (κ2) is 7.84. The first kappa shape index (κ1) is 18.2. The van der Waals surface area contributed by atoms with Gasteiger partial charge < -0.3 is 9.32 Å². The minimum Gasteiger partial charge on any atom is -0.440 e. The van der Waals surface area contributed by atoms with E-state index in [0.717, 1.165) is 30.1 Å². The van der Waals surface area contributed by atoms with Crippen LogP contribution >= 0.6 is 22.9 Å². The van der Waals surface area contributed by atoms with Crippen LogP contribution in [0.25, 0.3) is 10.4 Å². The van der Waals surface area contributed by atoms with Crippen molar-refractivity contribution in [2.75, 3.05) is 26.2 Å². The Morgan fingerprint density at radius 1 is 1.11 bits per heavy atom. The van der Waals surface area contributed by atoms with Crippen LogP contribution in [0.4, 0.5) is 4.39 Å². The number of benzene rings is 1. The zero-order valence-corrected chi connectivity index (χ0v) is 16.1. The van der Waals surface area contributed by atoms with Gasteiger partial charge in [0, 0.05) is 42.5 Å². The summed E-state index contributed by atoms with van der Waals surface area (Å²) in [6.07, 6.45) is 0. The maximum Gasteiger partial charge on any atom is 0.289 e. The van der Waals surface area contributed by atoms with Gasteiger partial charge in [-0.25, -0.2) is 4.39 Å². The number of amides is 1. The summed E-state index contributed by atoms with van der Waals surface area (Å²) in [5, 5.41) is 0.226. The molecule has 0 aliphatic carbocycles. The molecule has 7 heteroatoms. The molecule has 0 saturated carbocycles. The fourth-order valence-corrected chi connectivity index (χ4v) is 4.37. The molecule has 1 fully saturated rings. The molecule has 2 aromatic heterocycles. The van der Waals surface area contributed by atoms with Gasteiger partial charge in [0.1, 0.15) is 5.82 Å². The Kier molecular flexibility index (Phi) is 5.29. The molecule has 0 N–H and O–H groups in total. The molecule has 0 spiro atoms. The van der Waals surface area contributed by atoms with Crippen LogP contribution in [0.5, 0.6) is 0 Å². The van der Waals surface area contributed by atoms with Crippen molar-refractivity contribution >= 4 is 28.8 Å². The van der Waals surface area contributed by atoms with Gasteiger partial charge in [-0.1, -0.05) is 12.1 Å². The fourth-order valence-electron chi connectivity index (χ4n) is 3.17. The smallest absolute Gasteiger partial charge is 0.289 e. The summed E-state index contributed by atoms with van der Waals surface area (Å²) in [5.41, 5.74) is 0.902. The second-order valence-electron chi connectivity index (χ2n) is 6.45. The van der Waals surface area contributed by atoms with Crippen molar-refractivity contribution in [2.24, 2.45) is 0 Å². The molecule has 3 aromatic rings. The summed E-state index contributed by atoms with van der Waals surface area (Å²) in [5.74, 6) is -0.0569. The number of furan rings is 1. The summed E-state index contributed by atoms with van der Waals surface area (Å²) in [4.78, 5) is 18.8. The van der Waals surface area contributed by atoms with E-state index in [1.165, 1.54) is 10.9 Å². The van der Waals surface area contributed by atoms with Crippen LogP contribution in [0.2, 0.25) is 5.22 Å². The minimum atomic E-state index is -0.221. The maximum absolute atomic E-state index is 13.4. The van der Waals surface area contributed by atoms with Crippen LogP contribution in [0.3, 0.4) is 0 Å². The number of halogens is 2. The fraction of sp³-hybridized carbons (Fsp3) is 0.250. The lowest BCUT2D eigenvalue weighted by Gasteiger charge is -2.34. The van der Waals surface area contributed by atoms with Crippen molar-refractivity contribution < 1.29 is 13.6 Å². The van der Waals surface area contributed by atoms with Crippen LogP contribution in [0.15, 0.2) is 52.9 Å². The molecule has 0 radical (unpaired) electrons. The highest BCUT2D eigenvalue weighted by Crippen LogP contribution is 2.29. The first-order valence-corrected chi connectivity index (χ1v) is 9.89. The van der Waals surface area contributed by atoms with E-state index in [1.807, 2.05) is 12.1 Å². The van der Waals surface area contributed by atoms with Crippen molar-refractivity contribution in [3.8, 4) is 10.4 Å². The average molecular weight is 405 g/mol. The van der Waals surface area contributed by atoms with Gasteiger partial charge in [-0.3, -0.25) is 9.69 Å². The van der Waals surface area contributed by atoms with Crippen LogP contribution in [-0.2, 0) is 6.54 Å². The topological polar surface area (TPSA) is 36.7 Å². The highest BCUT2D eigenvalue weighted by Gasteiger charge is 2.24. The summed E-state index contributed by atoms with van der Waals surface area (Å²) >= 11 is 7.42. The first-order valence-electron chi connectivity index (χ1n) is 8.70. The Balaban J connectivity index is 1.34. The average Bonchev–Trinajstić information content (AvgIpc) is 3.31. The Bertz CT molecular complexity index is 947. The molecule has 1 saturated heterocycles. The third-order valence-electron chi connectivity index (χ3n) is 4.59. The maximum atomic E-state index is 13.4. The highest BCUT2D eigenvalue weighted by molar-refractivity contribution is 7.15. The van der Waals surface area contributed by atoms with Gasteiger partial charge in [-0.15, -0.1) is 11.3 Å². The number of hydrogen-bond acceptors (Lipinski definition) is 4. The number of carbonyl (C=O) groups is 1. The largest absolute Gasteiger partial charge is 0.440 e. The normalized spacial score (nSPS) is 15.3. The Morgan fingerprint density at radius 2 is 1.93 bits per heavy atom. The van der Waals surface area contributed by atoms with Crippen LogP contribution in [-0.4, -0.2) is 41.9 Å². The SMILES string of the molecule is O=C(c1ccc(Cl)o1)N1CCN(Cc2ccc(-c3cccc(F)c3)s2)CC1. The van der Waals surface area contributed by atoms with Crippen molar-refractivity contribution in [3.05, 3.63) is 70.2 Å². The highest BCUT2D eigenvalue weighted by atomic mass is 35.5. The number of carbonyl (C=O) groups excluding carboxylic acids is 1. The van der Waals surface area contributed by atoms with Crippen LogP contribution < -0.4 is 0 Å². The third-order valence-corrected chi connectivity index (χ3v) is 5.92. The van der Waals surface area contributed by atoms with Crippen molar-refractivity contribution in [1.82, 2.24) is 9.80 Å². The van der Waals surface area contributed by atoms with Crippen LogP contribution in [0.1, 0.15) is 15.4 Å². The molecule has 4 nitrogen and oxygen atoms in total. The van der Waals surface area contributed by atoms with E-state index < -0.39 is 0 Å². The quantitative estimate of drug-likeness (QED) is 0.629. The van der Waals surface area contributed by atoms with Gasteiger partial charge in [0.25, 0.3) is 5.91 Å². The number of thiophene rings is 1. The molecular formula is C20H18ClFN2O2S. The Hall–Kier alpha value is -2.15. The number of piperazine rings is 1. The summed E-state index contributed by atoms with van der Waals surface area (Å²) in [7, 11) is 0. The standard InChI is InChI=1S/C20H18ClFN2O2S/c21-19-7-5-17(26-19)20(25)24-10-8-23(9-11-24)13-16-4-6-18(27-16)14-2-1-3-15(22)12-14/h1-7,12H,8-11,13H2. The van der Waals surface area contributed by atoms with E-state index in [4.69, 9.17) is 16.0 Å².